The second-order valence-corrected chi connectivity index (χ2v) is 11.9. The molecule has 2 aromatic carbocycles. The number of nitrogens with one attached hydrogen (secondary N) is 1. The lowest BCUT2D eigenvalue weighted by atomic mass is 10.1. The Morgan fingerprint density at radius 2 is 2.00 bits per heavy atom. The third kappa shape index (κ3) is 5.42. The second kappa shape index (κ2) is 10.1. The molecule has 9 heteroatoms. The molecule has 178 valence electrons. The Hall–Kier alpha value is -2.91. The molecular formula is C25H28N4O3S2. The van der Waals surface area contributed by atoms with Crippen LogP contribution in [0.5, 0.6) is 0 Å². The van der Waals surface area contributed by atoms with Gasteiger partial charge >= 0.3 is 0 Å². The Labute approximate surface area is 204 Å². The minimum Gasteiger partial charge on any atom is -0.325 e. The van der Waals surface area contributed by atoms with Gasteiger partial charge in [0, 0.05) is 18.2 Å². The molecule has 1 amide bonds. The van der Waals surface area contributed by atoms with Crippen LogP contribution in [0.15, 0.2) is 66.3 Å². The van der Waals surface area contributed by atoms with Gasteiger partial charge in [0.15, 0.2) is 15.0 Å². The van der Waals surface area contributed by atoms with Gasteiger partial charge in [-0.2, -0.15) is 0 Å². The molecule has 7 nitrogen and oxygen atoms in total. The number of benzene rings is 2. The smallest absolute Gasteiger partial charge is 0.242 e. The number of aryl methyl sites for hydroxylation is 2. The molecule has 0 bridgehead atoms. The fraction of sp³-hybridized carbons (Fsp3) is 0.320. The molecular weight excluding hydrogens is 468 g/mol. The first kappa shape index (κ1) is 24.2. The van der Waals surface area contributed by atoms with Crippen LogP contribution in [0.3, 0.4) is 0 Å². The highest BCUT2D eigenvalue weighted by Gasteiger charge is 2.34. The molecule has 1 aliphatic heterocycles. The van der Waals surface area contributed by atoms with E-state index in [2.05, 4.69) is 22.1 Å². The molecule has 34 heavy (non-hydrogen) atoms. The van der Waals surface area contributed by atoms with Crippen molar-refractivity contribution in [3.8, 4) is 0 Å². The van der Waals surface area contributed by atoms with Gasteiger partial charge in [0.1, 0.15) is 11.1 Å². The van der Waals surface area contributed by atoms with Crippen molar-refractivity contribution in [2.24, 2.45) is 0 Å². The van der Waals surface area contributed by atoms with E-state index < -0.39 is 15.1 Å². The van der Waals surface area contributed by atoms with Crippen LogP contribution in [-0.2, 0) is 21.2 Å². The van der Waals surface area contributed by atoms with Crippen molar-refractivity contribution in [1.29, 1.82) is 0 Å². The van der Waals surface area contributed by atoms with Crippen molar-refractivity contribution < 1.29 is 13.2 Å². The van der Waals surface area contributed by atoms with Crippen LogP contribution in [0, 0.1) is 13.8 Å². The number of hydrogen-bond donors (Lipinski definition) is 1. The third-order valence-corrected chi connectivity index (χ3v) is 8.87. The van der Waals surface area contributed by atoms with Crippen molar-refractivity contribution >= 4 is 33.2 Å². The van der Waals surface area contributed by atoms with Crippen LogP contribution in [0.25, 0.3) is 0 Å². The first-order chi connectivity index (χ1) is 16.3. The Morgan fingerprint density at radius 1 is 1.24 bits per heavy atom. The number of nitrogens with zero attached hydrogens (tertiary/aromatic N) is 3. The first-order valence-electron chi connectivity index (χ1n) is 11.1. The summed E-state index contributed by atoms with van der Waals surface area (Å²) in [6, 6.07) is 15.5. The average molecular weight is 497 g/mol. The van der Waals surface area contributed by atoms with Gasteiger partial charge < -0.3 is 9.88 Å². The predicted octanol–water partition coefficient (Wildman–Crippen LogP) is 4.46. The van der Waals surface area contributed by atoms with Gasteiger partial charge in [-0.1, -0.05) is 60.3 Å². The van der Waals surface area contributed by atoms with Gasteiger partial charge in [-0.05, 0) is 43.0 Å². The van der Waals surface area contributed by atoms with Crippen LogP contribution in [-0.4, -0.2) is 40.6 Å². The van der Waals surface area contributed by atoms with Gasteiger partial charge in [-0.15, -0.1) is 16.8 Å². The molecule has 3 aromatic rings. The van der Waals surface area contributed by atoms with Crippen LogP contribution in [0.1, 0.15) is 40.1 Å². The summed E-state index contributed by atoms with van der Waals surface area (Å²) in [6.07, 6.45) is 2.26. The van der Waals surface area contributed by atoms with Gasteiger partial charge in [-0.25, -0.2) is 8.42 Å². The van der Waals surface area contributed by atoms with Crippen LogP contribution in [0.4, 0.5) is 5.69 Å². The van der Waals surface area contributed by atoms with E-state index in [1.54, 1.807) is 6.08 Å². The summed E-state index contributed by atoms with van der Waals surface area (Å²) in [5, 5.41) is 11.8. The van der Waals surface area contributed by atoms with Gasteiger partial charge in [0.2, 0.25) is 5.91 Å². The minimum absolute atomic E-state index is 0.0716. The number of thioether (sulfide) groups is 1. The van der Waals surface area contributed by atoms with E-state index in [4.69, 9.17) is 0 Å². The summed E-state index contributed by atoms with van der Waals surface area (Å²) < 4.78 is 25.9. The molecule has 2 atom stereocenters. The van der Waals surface area contributed by atoms with E-state index in [1.165, 1.54) is 11.8 Å². The summed E-state index contributed by atoms with van der Waals surface area (Å²) in [4.78, 5) is 13.5. The van der Waals surface area contributed by atoms with E-state index >= 15 is 0 Å². The second-order valence-electron chi connectivity index (χ2n) is 8.56. The maximum atomic E-state index is 13.5. The number of aromatic nitrogens is 3. The standard InChI is InChI=1S/C25H28N4O3S2/c1-4-13-29-23(20-12-14-34(31,32)16-20)27-28-25(29)33-22(19-8-6-5-7-9-19)24(30)26-21-15-17(2)10-11-18(21)3/h4-11,15,20,22H,1,12-14,16H2,2-3H3,(H,26,30)/t20-,22-/m1/s1. The molecule has 0 saturated carbocycles. The zero-order valence-electron chi connectivity index (χ0n) is 19.3. The molecule has 0 unspecified atom stereocenters. The highest BCUT2D eigenvalue weighted by atomic mass is 32.2. The molecule has 0 radical (unpaired) electrons. The zero-order chi connectivity index (χ0) is 24.3. The molecule has 1 fully saturated rings. The monoisotopic (exact) mass is 496 g/mol. The summed E-state index contributed by atoms with van der Waals surface area (Å²) in [5.41, 5.74) is 3.66. The fourth-order valence-corrected chi connectivity index (χ4v) is 6.86. The number of allylic oxidation sites excluding steroid dienone is 1. The number of carbonyl (C=O) groups is 1. The fourth-order valence-electron chi connectivity index (χ4n) is 4.06. The van der Waals surface area contributed by atoms with Crippen LogP contribution < -0.4 is 5.32 Å². The Morgan fingerprint density at radius 3 is 2.68 bits per heavy atom. The molecule has 4 rings (SSSR count). The lowest BCUT2D eigenvalue weighted by Crippen LogP contribution is -2.20. The van der Waals surface area contributed by atoms with Crippen LogP contribution >= 0.6 is 11.8 Å². The molecule has 0 spiro atoms. The maximum Gasteiger partial charge on any atom is 0.242 e. The molecule has 1 aromatic heterocycles. The molecule has 1 saturated heterocycles. The van der Waals surface area contributed by atoms with E-state index in [9.17, 15) is 13.2 Å². The Kier molecular flexibility index (Phi) is 7.23. The van der Waals surface area contributed by atoms with Gasteiger partial charge in [0.25, 0.3) is 0 Å². The van der Waals surface area contributed by atoms with Crippen LogP contribution in [0.2, 0.25) is 0 Å². The largest absolute Gasteiger partial charge is 0.325 e. The number of hydrogen-bond acceptors (Lipinski definition) is 6. The zero-order valence-corrected chi connectivity index (χ0v) is 20.9. The molecule has 1 aliphatic rings. The summed E-state index contributed by atoms with van der Waals surface area (Å²) in [5.74, 6) is 0.493. The number of amides is 1. The third-order valence-electron chi connectivity index (χ3n) is 5.87. The predicted molar refractivity (Wildman–Crippen MR) is 136 cm³/mol. The average Bonchev–Trinajstić information content (AvgIpc) is 3.37. The lowest BCUT2D eigenvalue weighted by molar-refractivity contribution is -0.115. The summed E-state index contributed by atoms with van der Waals surface area (Å²) >= 11 is 1.31. The van der Waals surface area contributed by atoms with Gasteiger partial charge in [0.05, 0.1) is 11.5 Å². The Balaban J connectivity index is 1.66. The van der Waals surface area contributed by atoms with E-state index in [0.717, 1.165) is 22.4 Å². The van der Waals surface area contributed by atoms with Gasteiger partial charge in [-0.3, -0.25) is 4.79 Å². The normalized spacial score (nSPS) is 17.9. The quantitative estimate of drug-likeness (QED) is 0.366. The van der Waals surface area contributed by atoms with Crippen molar-refractivity contribution in [2.45, 2.75) is 43.1 Å². The summed E-state index contributed by atoms with van der Waals surface area (Å²) in [7, 11) is -3.07. The van der Waals surface area contributed by atoms with E-state index in [1.807, 2.05) is 66.9 Å². The number of anilines is 1. The minimum atomic E-state index is -3.07. The highest BCUT2D eigenvalue weighted by Crippen LogP contribution is 2.38. The molecule has 0 aliphatic carbocycles. The van der Waals surface area contributed by atoms with E-state index in [0.29, 0.717) is 23.9 Å². The van der Waals surface area contributed by atoms with Crippen molar-refractivity contribution in [3.63, 3.8) is 0 Å². The number of rotatable bonds is 8. The SMILES string of the molecule is C=CCn1c(S[C@@H](C(=O)Nc2cc(C)ccc2C)c2ccccc2)nnc1[C@@H]1CCS(=O)(=O)C1. The van der Waals surface area contributed by atoms with Crippen molar-refractivity contribution in [2.75, 3.05) is 16.8 Å². The molecule has 2 heterocycles. The lowest BCUT2D eigenvalue weighted by Gasteiger charge is -2.19. The molecule has 1 N–H and O–H groups in total. The Bertz CT molecular complexity index is 1300. The maximum absolute atomic E-state index is 13.5. The van der Waals surface area contributed by atoms with Crippen molar-refractivity contribution in [1.82, 2.24) is 14.8 Å². The summed E-state index contributed by atoms with van der Waals surface area (Å²) in [6.45, 7) is 8.22. The number of sulfone groups is 1. The van der Waals surface area contributed by atoms with Crippen molar-refractivity contribution in [3.05, 3.63) is 83.7 Å². The first-order valence-corrected chi connectivity index (χ1v) is 13.8. The van der Waals surface area contributed by atoms with E-state index in [-0.39, 0.29) is 23.3 Å². The highest BCUT2D eigenvalue weighted by molar-refractivity contribution is 8.00. The number of carbonyl (C=O) groups excluding carboxylic acids is 1. The topological polar surface area (TPSA) is 93.9 Å².